The summed E-state index contributed by atoms with van der Waals surface area (Å²) >= 11 is 3.38. The fourth-order valence-corrected chi connectivity index (χ4v) is 5.95. The van der Waals surface area contributed by atoms with Crippen molar-refractivity contribution in [1.82, 2.24) is 0 Å². The number of hydrogen-bond acceptors (Lipinski definition) is 7. The Morgan fingerprint density at radius 3 is 2.08 bits per heavy atom. The second-order valence-electron chi connectivity index (χ2n) is 9.31. The van der Waals surface area contributed by atoms with Gasteiger partial charge in [-0.1, -0.05) is 52.3 Å². The quantitative estimate of drug-likeness (QED) is 0.260. The number of halogens is 1. The van der Waals surface area contributed by atoms with Gasteiger partial charge in [-0.05, 0) is 48.9 Å². The summed E-state index contributed by atoms with van der Waals surface area (Å²) in [5.74, 6) is -5.49. The van der Waals surface area contributed by atoms with E-state index in [4.69, 9.17) is 9.47 Å². The topological polar surface area (TPSA) is 107 Å². The predicted molar refractivity (Wildman–Crippen MR) is 138 cm³/mol. The Hall–Kier alpha value is -3.95. The van der Waals surface area contributed by atoms with Gasteiger partial charge in [0.1, 0.15) is 0 Å². The number of carbonyl (C=O) groups is 5. The zero-order valence-electron chi connectivity index (χ0n) is 20.1. The lowest BCUT2D eigenvalue weighted by Gasteiger charge is -2.27. The molecule has 0 bridgehead atoms. The minimum atomic E-state index is -2.14. The SMILES string of the molecule is CCOC(=O)c1ccc(N2C(=O)[C@@H]3[C@@H](C2=O)C2(O[C@H]3c3ccc(Br)cc3)C(=O)c3ccccc3C2=O)cc1. The number of rotatable bonds is 4. The summed E-state index contributed by atoms with van der Waals surface area (Å²) in [5.41, 5.74) is -0.743. The van der Waals surface area contributed by atoms with E-state index in [1.54, 1.807) is 43.3 Å². The highest BCUT2D eigenvalue weighted by molar-refractivity contribution is 9.10. The van der Waals surface area contributed by atoms with Crippen molar-refractivity contribution in [2.24, 2.45) is 11.8 Å². The van der Waals surface area contributed by atoms with Crippen LogP contribution in [0, 0.1) is 11.8 Å². The van der Waals surface area contributed by atoms with Crippen molar-refractivity contribution in [3.63, 3.8) is 0 Å². The van der Waals surface area contributed by atoms with Gasteiger partial charge in [-0.2, -0.15) is 0 Å². The van der Waals surface area contributed by atoms with Crippen LogP contribution < -0.4 is 4.90 Å². The molecule has 38 heavy (non-hydrogen) atoms. The third-order valence-corrected chi connectivity index (χ3v) is 7.88. The van der Waals surface area contributed by atoms with Crippen LogP contribution in [-0.2, 0) is 19.1 Å². The molecule has 2 amide bonds. The van der Waals surface area contributed by atoms with Crippen molar-refractivity contribution in [2.75, 3.05) is 11.5 Å². The number of amides is 2. The van der Waals surface area contributed by atoms with Gasteiger partial charge in [0.15, 0.2) is 0 Å². The van der Waals surface area contributed by atoms with E-state index >= 15 is 0 Å². The van der Waals surface area contributed by atoms with E-state index in [1.807, 2.05) is 0 Å². The van der Waals surface area contributed by atoms with Crippen LogP contribution in [0.1, 0.15) is 49.7 Å². The van der Waals surface area contributed by atoms with Crippen LogP contribution in [0.2, 0.25) is 0 Å². The maximum Gasteiger partial charge on any atom is 0.338 e. The molecule has 0 N–H and O–H groups in total. The number of fused-ring (bicyclic) bond motifs is 3. The molecular formula is C29H20BrNO7. The Bertz CT molecular complexity index is 1490. The first kappa shape index (κ1) is 24.4. The number of ether oxygens (including phenoxy) is 2. The molecule has 0 saturated carbocycles. The van der Waals surface area contributed by atoms with Gasteiger partial charge < -0.3 is 9.47 Å². The maximum absolute atomic E-state index is 14.0. The number of carbonyl (C=O) groups excluding carboxylic acids is 5. The van der Waals surface area contributed by atoms with Crippen molar-refractivity contribution in [1.29, 1.82) is 0 Å². The van der Waals surface area contributed by atoms with Crippen LogP contribution in [0.3, 0.4) is 0 Å². The number of imide groups is 1. The highest BCUT2D eigenvalue weighted by Gasteiger charge is 2.74. The normalized spacial score (nSPS) is 23.2. The van der Waals surface area contributed by atoms with E-state index < -0.39 is 52.9 Å². The van der Waals surface area contributed by atoms with Gasteiger partial charge in [-0.15, -0.1) is 0 Å². The molecule has 2 heterocycles. The fourth-order valence-electron chi connectivity index (χ4n) is 5.69. The molecule has 2 fully saturated rings. The van der Waals surface area contributed by atoms with Crippen LogP contribution >= 0.6 is 15.9 Å². The van der Waals surface area contributed by atoms with E-state index in [2.05, 4.69) is 15.9 Å². The molecule has 8 nitrogen and oxygen atoms in total. The van der Waals surface area contributed by atoms with Gasteiger partial charge in [0, 0.05) is 15.6 Å². The molecule has 3 aliphatic rings. The van der Waals surface area contributed by atoms with Crippen molar-refractivity contribution in [3.8, 4) is 0 Å². The summed E-state index contributed by atoms with van der Waals surface area (Å²) in [6.45, 7) is 1.90. The summed E-state index contributed by atoms with van der Waals surface area (Å²) in [5, 5.41) is 0. The zero-order chi connectivity index (χ0) is 26.8. The highest BCUT2D eigenvalue weighted by atomic mass is 79.9. The fraction of sp³-hybridized carbons (Fsp3) is 0.207. The Morgan fingerprint density at radius 1 is 0.895 bits per heavy atom. The molecule has 9 heteroatoms. The lowest BCUT2D eigenvalue weighted by Crippen LogP contribution is -2.51. The second kappa shape index (κ2) is 8.82. The number of anilines is 1. The molecule has 2 aliphatic heterocycles. The van der Waals surface area contributed by atoms with E-state index in [1.165, 1.54) is 36.4 Å². The van der Waals surface area contributed by atoms with Crippen molar-refractivity contribution in [3.05, 3.63) is 99.5 Å². The van der Waals surface area contributed by atoms with Gasteiger partial charge in [-0.3, -0.25) is 19.2 Å². The molecule has 2 saturated heterocycles. The number of nitrogens with zero attached hydrogens (tertiary/aromatic N) is 1. The number of Topliss-reactive ketones (excluding diaryl/α,β-unsaturated/α-hetero) is 2. The minimum absolute atomic E-state index is 0.171. The summed E-state index contributed by atoms with van der Waals surface area (Å²) in [6, 6.07) is 19.2. The molecule has 0 unspecified atom stereocenters. The smallest absolute Gasteiger partial charge is 0.338 e. The summed E-state index contributed by atoms with van der Waals surface area (Å²) in [6.07, 6.45) is -1.00. The summed E-state index contributed by atoms with van der Waals surface area (Å²) in [4.78, 5) is 68.5. The first-order valence-corrected chi connectivity index (χ1v) is 12.9. The monoisotopic (exact) mass is 573 g/mol. The second-order valence-corrected chi connectivity index (χ2v) is 10.2. The third-order valence-electron chi connectivity index (χ3n) is 7.35. The Balaban J connectivity index is 1.46. The molecule has 3 aromatic rings. The molecule has 3 atom stereocenters. The Kier molecular flexibility index (Phi) is 5.66. The lowest BCUT2D eigenvalue weighted by molar-refractivity contribution is -0.127. The van der Waals surface area contributed by atoms with Crippen LogP contribution in [-0.4, -0.2) is 41.6 Å². The highest BCUT2D eigenvalue weighted by Crippen LogP contribution is 2.57. The standard InChI is InChI=1S/C29H20BrNO7/c1-2-37-28(36)16-9-13-18(14-10-16)31-26(34)21-22(27(31)35)29(38-23(21)15-7-11-17(30)12-8-15)24(32)19-5-3-4-6-20(19)25(29)33/h3-14,21-23H,2H2,1H3/t21-,22+,23+/m1/s1. The van der Waals surface area contributed by atoms with Crippen molar-refractivity contribution in [2.45, 2.75) is 18.6 Å². The molecule has 0 radical (unpaired) electrons. The van der Waals surface area contributed by atoms with Crippen LogP contribution in [0.5, 0.6) is 0 Å². The predicted octanol–water partition coefficient (Wildman–Crippen LogP) is 4.32. The Labute approximate surface area is 225 Å². The number of esters is 1. The average Bonchev–Trinajstić information content (AvgIpc) is 3.49. The van der Waals surface area contributed by atoms with Gasteiger partial charge in [0.25, 0.3) is 0 Å². The molecular weight excluding hydrogens is 554 g/mol. The minimum Gasteiger partial charge on any atom is -0.462 e. The van der Waals surface area contributed by atoms with Gasteiger partial charge >= 0.3 is 5.97 Å². The van der Waals surface area contributed by atoms with Crippen molar-refractivity contribution < 1.29 is 33.4 Å². The first-order valence-electron chi connectivity index (χ1n) is 12.1. The maximum atomic E-state index is 14.0. The van der Waals surface area contributed by atoms with Gasteiger partial charge in [0.05, 0.1) is 35.8 Å². The first-order chi connectivity index (χ1) is 18.3. The average molecular weight is 574 g/mol. The number of benzene rings is 3. The van der Waals surface area contributed by atoms with Gasteiger partial charge in [-0.25, -0.2) is 9.69 Å². The zero-order valence-corrected chi connectivity index (χ0v) is 21.6. The van der Waals surface area contributed by atoms with Crippen LogP contribution in [0.25, 0.3) is 0 Å². The Morgan fingerprint density at radius 2 is 1.50 bits per heavy atom. The molecule has 6 rings (SSSR count). The molecule has 190 valence electrons. The van der Waals surface area contributed by atoms with E-state index in [9.17, 15) is 24.0 Å². The molecule has 1 spiro atoms. The van der Waals surface area contributed by atoms with E-state index in [0.717, 1.165) is 9.37 Å². The summed E-state index contributed by atoms with van der Waals surface area (Å²) in [7, 11) is 0. The third kappa shape index (κ3) is 3.28. The van der Waals surface area contributed by atoms with Crippen LogP contribution in [0.4, 0.5) is 5.69 Å². The van der Waals surface area contributed by atoms with Crippen molar-refractivity contribution >= 4 is 51.0 Å². The summed E-state index contributed by atoms with van der Waals surface area (Å²) < 4.78 is 12.1. The van der Waals surface area contributed by atoms with Crippen LogP contribution in [0.15, 0.2) is 77.3 Å². The largest absolute Gasteiger partial charge is 0.462 e. The number of hydrogen-bond donors (Lipinski definition) is 0. The molecule has 1 aliphatic carbocycles. The van der Waals surface area contributed by atoms with Gasteiger partial charge in [0.2, 0.25) is 29.0 Å². The number of ketones is 2. The van der Waals surface area contributed by atoms with E-state index in [-0.39, 0.29) is 29.0 Å². The lowest BCUT2D eigenvalue weighted by atomic mass is 9.77. The molecule has 3 aromatic carbocycles. The van der Waals surface area contributed by atoms with E-state index in [0.29, 0.717) is 5.56 Å². The molecule has 0 aromatic heterocycles.